The number of para-hydroxylation sites is 1. The van der Waals surface area contributed by atoms with Crippen LogP contribution in [0.2, 0.25) is 0 Å². The van der Waals surface area contributed by atoms with Crippen LogP contribution in [0, 0.1) is 0 Å². The second-order valence-electron chi connectivity index (χ2n) is 5.99. The van der Waals surface area contributed by atoms with Gasteiger partial charge in [0, 0.05) is 18.4 Å². The molecular formula is C22H19N. The number of nitrogens with zero attached hydrogens (tertiary/aromatic N) is 1. The zero-order valence-electron chi connectivity index (χ0n) is 13.2. The van der Waals surface area contributed by atoms with Crippen molar-refractivity contribution in [1.29, 1.82) is 0 Å². The summed E-state index contributed by atoms with van der Waals surface area (Å²) >= 11 is 0. The van der Waals surface area contributed by atoms with E-state index >= 15 is 0 Å². The largest absolute Gasteiger partial charge is 0.345 e. The second-order valence-corrected chi connectivity index (χ2v) is 5.99. The highest BCUT2D eigenvalue weighted by Crippen LogP contribution is 2.33. The fourth-order valence-electron chi connectivity index (χ4n) is 3.18. The summed E-state index contributed by atoms with van der Waals surface area (Å²) in [5.74, 6) is 0. The van der Waals surface area contributed by atoms with Gasteiger partial charge in [0.1, 0.15) is 0 Å². The van der Waals surface area contributed by atoms with Crippen molar-refractivity contribution in [2.24, 2.45) is 0 Å². The molecule has 0 saturated carbocycles. The van der Waals surface area contributed by atoms with Crippen LogP contribution < -0.4 is 4.90 Å². The van der Waals surface area contributed by atoms with E-state index in [1.165, 1.54) is 33.6 Å². The Bertz CT molecular complexity index is 862. The lowest BCUT2D eigenvalue weighted by Gasteiger charge is -2.20. The first-order valence-electron chi connectivity index (χ1n) is 7.99. The molecule has 0 N–H and O–H groups in total. The Hall–Kier alpha value is -2.80. The summed E-state index contributed by atoms with van der Waals surface area (Å²) in [5, 5.41) is 0. The average molecular weight is 297 g/mol. The van der Waals surface area contributed by atoms with E-state index in [9.17, 15) is 0 Å². The van der Waals surface area contributed by atoms with E-state index in [2.05, 4.69) is 90.8 Å². The van der Waals surface area contributed by atoms with E-state index < -0.39 is 0 Å². The number of allylic oxidation sites excluding steroid dienone is 1. The molecule has 0 amide bonds. The maximum absolute atomic E-state index is 2.32. The Morgan fingerprint density at radius 2 is 1.48 bits per heavy atom. The number of fused-ring (bicyclic) bond motifs is 1. The molecule has 4 rings (SSSR count). The lowest BCUT2D eigenvalue weighted by Crippen LogP contribution is -2.09. The minimum absolute atomic E-state index is 1.02. The first-order chi connectivity index (χ1) is 11.3. The summed E-state index contributed by atoms with van der Waals surface area (Å²) < 4.78 is 0. The fraction of sp³-hybridized carbons (Fsp3) is 0.0909. The Balaban J connectivity index is 1.66. The summed E-state index contributed by atoms with van der Waals surface area (Å²) in [6.45, 7) is 0. The molecule has 3 aromatic carbocycles. The predicted molar refractivity (Wildman–Crippen MR) is 99.0 cm³/mol. The lowest BCUT2D eigenvalue weighted by molar-refractivity contribution is 1.20. The molecule has 0 aliphatic heterocycles. The van der Waals surface area contributed by atoms with Crippen molar-refractivity contribution in [3.63, 3.8) is 0 Å². The van der Waals surface area contributed by atoms with Crippen LogP contribution in [0.25, 0.3) is 11.6 Å². The summed E-state index contributed by atoms with van der Waals surface area (Å²) in [6, 6.07) is 27.9. The predicted octanol–water partition coefficient (Wildman–Crippen LogP) is 5.55. The van der Waals surface area contributed by atoms with Gasteiger partial charge in [-0.25, -0.2) is 0 Å². The van der Waals surface area contributed by atoms with Gasteiger partial charge in [0.25, 0.3) is 0 Å². The molecule has 1 aliphatic rings. The summed E-state index contributed by atoms with van der Waals surface area (Å²) in [7, 11) is 2.12. The molecule has 0 heterocycles. The summed E-state index contributed by atoms with van der Waals surface area (Å²) in [5.41, 5.74) is 7.89. The van der Waals surface area contributed by atoms with E-state index in [-0.39, 0.29) is 0 Å². The molecule has 112 valence electrons. The molecule has 1 heteroatoms. The van der Waals surface area contributed by atoms with Crippen LogP contribution in [0.1, 0.15) is 16.7 Å². The van der Waals surface area contributed by atoms with E-state index in [4.69, 9.17) is 0 Å². The van der Waals surface area contributed by atoms with Gasteiger partial charge in [0.15, 0.2) is 0 Å². The summed E-state index contributed by atoms with van der Waals surface area (Å²) in [4.78, 5) is 2.23. The van der Waals surface area contributed by atoms with E-state index in [0.717, 1.165) is 6.42 Å². The zero-order chi connectivity index (χ0) is 15.6. The molecular weight excluding hydrogens is 278 g/mol. The van der Waals surface area contributed by atoms with Crippen LogP contribution in [0.4, 0.5) is 11.4 Å². The second kappa shape index (κ2) is 5.77. The average Bonchev–Trinajstić information content (AvgIpc) is 3.06. The van der Waals surface area contributed by atoms with Gasteiger partial charge >= 0.3 is 0 Å². The number of hydrogen-bond acceptors (Lipinski definition) is 1. The molecule has 0 bridgehead atoms. The lowest BCUT2D eigenvalue weighted by atomic mass is 10.0. The minimum atomic E-state index is 1.02. The highest BCUT2D eigenvalue weighted by Gasteiger charge is 2.14. The van der Waals surface area contributed by atoms with Gasteiger partial charge in [-0.15, -0.1) is 0 Å². The molecule has 0 unspecified atom stereocenters. The molecule has 1 aliphatic carbocycles. The molecule has 0 aromatic heterocycles. The fourth-order valence-corrected chi connectivity index (χ4v) is 3.18. The maximum atomic E-state index is 2.32. The van der Waals surface area contributed by atoms with Gasteiger partial charge in [0.05, 0.1) is 0 Å². The minimum Gasteiger partial charge on any atom is -0.345 e. The monoisotopic (exact) mass is 297 g/mol. The van der Waals surface area contributed by atoms with Crippen molar-refractivity contribution in [2.45, 2.75) is 6.42 Å². The topological polar surface area (TPSA) is 3.24 Å². The number of benzene rings is 3. The van der Waals surface area contributed by atoms with Crippen molar-refractivity contribution < 1.29 is 0 Å². The highest BCUT2D eigenvalue weighted by atomic mass is 15.1. The Kier molecular flexibility index (Phi) is 3.47. The van der Waals surface area contributed by atoms with Crippen LogP contribution in [-0.4, -0.2) is 7.05 Å². The van der Waals surface area contributed by atoms with Gasteiger partial charge < -0.3 is 4.90 Å². The Labute approximate surface area is 137 Å². The molecule has 1 nitrogen and oxygen atoms in total. The van der Waals surface area contributed by atoms with Crippen LogP contribution in [-0.2, 0) is 6.42 Å². The smallest absolute Gasteiger partial charge is 0.0414 e. The number of hydrogen-bond donors (Lipinski definition) is 0. The van der Waals surface area contributed by atoms with Gasteiger partial charge in [-0.2, -0.15) is 0 Å². The molecule has 23 heavy (non-hydrogen) atoms. The molecule has 0 fully saturated rings. The SMILES string of the molecule is CN(c1ccccc1)c1cccc(C2=Cc3ccccc3C2)c1. The quantitative estimate of drug-likeness (QED) is 0.612. The first kappa shape index (κ1) is 13.8. The van der Waals surface area contributed by atoms with Gasteiger partial charge in [-0.3, -0.25) is 0 Å². The van der Waals surface area contributed by atoms with Crippen LogP contribution in [0.5, 0.6) is 0 Å². The third kappa shape index (κ3) is 2.66. The third-order valence-electron chi connectivity index (χ3n) is 4.51. The number of rotatable bonds is 3. The molecule has 3 aromatic rings. The molecule has 0 radical (unpaired) electrons. The van der Waals surface area contributed by atoms with Crippen molar-refractivity contribution in [2.75, 3.05) is 11.9 Å². The van der Waals surface area contributed by atoms with Crippen molar-refractivity contribution >= 4 is 23.0 Å². The van der Waals surface area contributed by atoms with Crippen molar-refractivity contribution in [3.05, 3.63) is 95.6 Å². The normalized spacial score (nSPS) is 12.7. The van der Waals surface area contributed by atoms with E-state index in [1.807, 2.05) is 6.07 Å². The van der Waals surface area contributed by atoms with Crippen LogP contribution in [0.3, 0.4) is 0 Å². The Morgan fingerprint density at radius 1 is 0.739 bits per heavy atom. The van der Waals surface area contributed by atoms with Gasteiger partial charge in [-0.05, 0) is 52.9 Å². The Morgan fingerprint density at radius 3 is 2.30 bits per heavy atom. The van der Waals surface area contributed by atoms with Crippen LogP contribution in [0.15, 0.2) is 78.9 Å². The maximum Gasteiger partial charge on any atom is 0.0414 e. The van der Waals surface area contributed by atoms with Gasteiger partial charge in [0.2, 0.25) is 0 Å². The van der Waals surface area contributed by atoms with E-state index in [1.54, 1.807) is 0 Å². The third-order valence-corrected chi connectivity index (χ3v) is 4.51. The number of anilines is 2. The van der Waals surface area contributed by atoms with Crippen LogP contribution >= 0.6 is 0 Å². The molecule has 0 spiro atoms. The summed E-state index contributed by atoms with van der Waals surface area (Å²) in [6.07, 6.45) is 3.34. The zero-order valence-corrected chi connectivity index (χ0v) is 13.2. The highest BCUT2D eigenvalue weighted by molar-refractivity contribution is 5.89. The molecule has 0 atom stereocenters. The van der Waals surface area contributed by atoms with Crippen molar-refractivity contribution in [3.8, 4) is 0 Å². The van der Waals surface area contributed by atoms with Crippen molar-refractivity contribution in [1.82, 2.24) is 0 Å². The van der Waals surface area contributed by atoms with E-state index in [0.29, 0.717) is 0 Å². The van der Waals surface area contributed by atoms with Gasteiger partial charge in [-0.1, -0.05) is 60.7 Å². The molecule has 0 saturated heterocycles. The standard InChI is InChI=1S/C22H19N/c1-23(21-11-3-2-4-12-21)22-13-7-10-19(16-22)20-14-17-8-5-6-9-18(17)15-20/h2-14,16H,15H2,1H3. The first-order valence-corrected chi connectivity index (χ1v) is 7.99.